The average molecular weight is 257 g/mol. The van der Waals surface area contributed by atoms with Gasteiger partial charge in [0.15, 0.2) is 6.29 Å². The molecule has 0 saturated carbocycles. The lowest BCUT2D eigenvalue weighted by Crippen LogP contribution is -2.20. The molecule has 5 heteroatoms. The van der Waals surface area contributed by atoms with Crippen molar-refractivity contribution in [2.45, 2.75) is 26.8 Å². The molecule has 0 aliphatic carbocycles. The van der Waals surface area contributed by atoms with Gasteiger partial charge in [-0.2, -0.15) is 0 Å². The van der Waals surface area contributed by atoms with Crippen molar-refractivity contribution in [3.05, 3.63) is 33.1 Å². The summed E-state index contributed by atoms with van der Waals surface area (Å²) in [6.07, 6.45) is 1.57. The number of nitrogens with one attached hydrogen (secondary N) is 1. The van der Waals surface area contributed by atoms with E-state index in [4.69, 9.17) is 0 Å². The van der Waals surface area contributed by atoms with E-state index < -0.39 is 0 Å². The number of nitrogens with zero attached hydrogens (tertiary/aromatic N) is 2. The van der Waals surface area contributed by atoms with E-state index in [-0.39, 0.29) is 5.56 Å². The van der Waals surface area contributed by atoms with E-state index in [9.17, 15) is 9.59 Å². The number of aryl methyl sites for hydroxylation is 1. The van der Waals surface area contributed by atoms with Crippen LogP contribution in [0.1, 0.15) is 28.4 Å². The maximum Gasteiger partial charge on any atom is 0.262 e. The Morgan fingerprint density at radius 2 is 2.32 bits per heavy atom. The molecule has 1 aliphatic heterocycles. The van der Waals surface area contributed by atoms with Crippen LogP contribution in [0.25, 0.3) is 10.9 Å². The van der Waals surface area contributed by atoms with Gasteiger partial charge in [0.25, 0.3) is 5.56 Å². The van der Waals surface area contributed by atoms with Gasteiger partial charge in [-0.05, 0) is 30.5 Å². The zero-order valence-corrected chi connectivity index (χ0v) is 11.0. The first-order valence-electron chi connectivity index (χ1n) is 6.43. The van der Waals surface area contributed by atoms with E-state index in [0.29, 0.717) is 35.5 Å². The largest absolute Gasteiger partial charge is 0.354 e. The van der Waals surface area contributed by atoms with Gasteiger partial charge in [0, 0.05) is 18.7 Å². The number of fused-ring (bicyclic) bond motifs is 2. The Hall–Kier alpha value is -2.17. The van der Waals surface area contributed by atoms with Crippen LogP contribution < -0.4 is 10.9 Å². The molecule has 3 rings (SSSR count). The highest BCUT2D eigenvalue weighted by Gasteiger charge is 2.19. The molecule has 98 valence electrons. The third-order valence-corrected chi connectivity index (χ3v) is 3.71. The first-order chi connectivity index (χ1) is 9.17. The summed E-state index contributed by atoms with van der Waals surface area (Å²) in [5, 5.41) is 3.60. The molecule has 0 atom stereocenters. The van der Waals surface area contributed by atoms with Crippen molar-refractivity contribution >= 4 is 23.1 Å². The zero-order chi connectivity index (χ0) is 13.6. The van der Waals surface area contributed by atoms with Crippen LogP contribution >= 0.6 is 0 Å². The second-order valence-corrected chi connectivity index (χ2v) is 4.77. The number of benzene rings is 1. The van der Waals surface area contributed by atoms with Crippen LogP contribution in [0.2, 0.25) is 0 Å². The summed E-state index contributed by atoms with van der Waals surface area (Å²) in [7, 11) is 0. The zero-order valence-electron chi connectivity index (χ0n) is 11.0. The SMILES string of the molecule is CCc1c(C)cc2c(=O)n3c(nc2c1C=O)NCC3. The molecule has 2 aromatic rings. The highest BCUT2D eigenvalue weighted by molar-refractivity contribution is 5.98. The molecule has 19 heavy (non-hydrogen) atoms. The molecule has 1 aromatic heterocycles. The molecular formula is C14H15N3O2. The smallest absolute Gasteiger partial charge is 0.262 e. The predicted octanol–water partition coefficient (Wildman–Crippen LogP) is 1.51. The van der Waals surface area contributed by atoms with Crippen molar-refractivity contribution in [3.8, 4) is 0 Å². The molecular weight excluding hydrogens is 242 g/mol. The molecule has 0 amide bonds. The fourth-order valence-corrected chi connectivity index (χ4v) is 2.78. The molecule has 0 saturated heterocycles. The van der Waals surface area contributed by atoms with Gasteiger partial charge in [-0.3, -0.25) is 14.2 Å². The number of carbonyl (C=O) groups is 1. The maximum absolute atomic E-state index is 12.4. The monoisotopic (exact) mass is 257 g/mol. The van der Waals surface area contributed by atoms with Crippen molar-refractivity contribution in [1.82, 2.24) is 9.55 Å². The van der Waals surface area contributed by atoms with E-state index in [1.807, 2.05) is 19.9 Å². The standard InChI is InChI=1S/C14H15N3O2/c1-3-9-8(2)6-10-12(11(9)7-18)16-14-15-4-5-17(14)13(10)19/h6-7H,3-5H2,1-2H3,(H,15,16). The van der Waals surface area contributed by atoms with Crippen molar-refractivity contribution in [2.75, 3.05) is 11.9 Å². The summed E-state index contributed by atoms with van der Waals surface area (Å²) in [6.45, 7) is 5.26. The van der Waals surface area contributed by atoms with E-state index in [1.165, 1.54) is 0 Å². The second-order valence-electron chi connectivity index (χ2n) is 4.77. The number of anilines is 1. The fraction of sp³-hybridized carbons (Fsp3) is 0.357. The van der Waals surface area contributed by atoms with Crippen LogP contribution in [0, 0.1) is 6.92 Å². The molecule has 5 nitrogen and oxygen atoms in total. The van der Waals surface area contributed by atoms with Gasteiger partial charge in [-0.25, -0.2) is 4.98 Å². The predicted molar refractivity (Wildman–Crippen MR) is 74.0 cm³/mol. The lowest BCUT2D eigenvalue weighted by molar-refractivity contribution is 0.112. The van der Waals surface area contributed by atoms with Crippen molar-refractivity contribution in [2.24, 2.45) is 0 Å². The van der Waals surface area contributed by atoms with Crippen molar-refractivity contribution in [1.29, 1.82) is 0 Å². The minimum absolute atomic E-state index is 0.0705. The lowest BCUT2D eigenvalue weighted by Gasteiger charge is -2.11. The Morgan fingerprint density at radius 1 is 1.53 bits per heavy atom. The van der Waals surface area contributed by atoms with Crippen molar-refractivity contribution < 1.29 is 4.79 Å². The van der Waals surface area contributed by atoms with Crippen LogP contribution in [0.5, 0.6) is 0 Å². The summed E-state index contributed by atoms with van der Waals surface area (Å²) in [5.41, 5.74) is 2.94. The van der Waals surface area contributed by atoms with E-state index >= 15 is 0 Å². The first-order valence-corrected chi connectivity index (χ1v) is 6.43. The molecule has 0 spiro atoms. The summed E-state index contributed by atoms with van der Waals surface area (Å²) in [6, 6.07) is 1.85. The van der Waals surface area contributed by atoms with Crippen LogP contribution in [0.15, 0.2) is 10.9 Å². The maximum atomic E-state index is 12.4. The van der Waals surface area contributed by atoms with E-state index in [1.54, 1.807) is 4.57 Å². The molecule has 0 radical (unpaired) electrons. The number of aromatic nitrogens is 2. The van der Waals surface area contributed by atoms with Gasteiger partial charge in [0.05, 0.1) is 10.9 Å². The Balaban J connectivity index is 2.50. The molecule has 0 unspecified atom stereocenters. The third-order valence-electron chi connectivity index (χ3n) is 3.71. The summed E-state index contributed by atoms with van der Waals surface area (Å²) >= 11 is 0. The van der Waals surface area contributed by atoms with E-state index in [0.717, 1.165) is 23.8 Å². The number of hydrogen-bond donors (Lipinski definition) is 1. The van der Waals surface area contributed by atoms with Gasteiger partial charge < -0.3 is 5.32 Å². The third kappa shape index (κ3) is 1.58. The molecule has 2 heterocycles. The van der Waals surface area contributed by atoms with Crippen LogP contribution in [0.3, 0.4) is 0 Å². The molecule has 0 fully saturated rings. The van der Waals surface area contributed by atoms with Crippen LogP contribution in [0.4, 0.5) is 5.95 Å². The minimum Gasteiger partial charge on any atom is -0.354 e. The summed E-state index contributed by atoms with van der Waals surface area (Å²) in [5.74, 6) is 0.562. The van der Waals surface area contributed by atoms with Gasteiger partial charge in [0.1, 0.15) is 0 Å². The first kappa shape index (κ1) is 11.9. The van der Waals surface area contributed by atoms with Gasteiger partial charge in [0.2, 0.25) is 5.95 Å². The summed E-state index contributed by atoms with van der Waals surface area (Å²) in [4.78, 5) is 28.3. The number of hydrogen-bond acceptors (Lipinski definition) is 4. The number of rotatable bonds is 2. The molecule has 1 aromatic carbocycles. The average Bonchev–Trinajstić information content (AvgIpc) is 2.87. The number of aldehydes is 1. The quantitative estimate of drug-likeness (QED) is 0.828. The Morgan fingerprint density at radius 3 is 3.00 bits per heavy atom. The lowest BCUT2D eigenvalue weighted by atomic mass is 9.97. The number of carbonyl (C=O) groups excluding carboxylic acids is 1. The van der Waals surface area contributed by atoms with Gasteiger partial charge in [-0.1, -0.05) is 6.92 Å². The molecule has 1 aliphatic rings. The van der Waals surface area contributed by atoms with Crippen molar-refractivity contribution in [3.63, 3.8) is 0 Å². The van der Waals surface area contributed by atoms with E-state index in [2.05, 4.69) is 10.3 Å². The fourth-order valence-electron chi connectivity index (χ4n) is 2.78. The van der Waals surface area contributed by atoms with Gasteiger partial charge in [-0.15, -0.1) is 0 Å². The van der Waals surface area contributed by atoms with Crippen LogP contribution in [-0.4, -0.2) is 22.4 Å². The summed E-state index contributed by atoms with van der Waals surface area (Å²) < 4.78 is 1.63. The highest BCUT2D eigenvalue weighted by Crippen LogP contribution is 2.24. The molecule has 1 N–H and O–H groups in total. The Kier molecular flexibility index (Phi) is 2.62. The molecule has 0 bridgehead atoms. The second kappa shape index (κ2) is 4.19. The highest BCUT2D eigenvalue weighted by atomic mass is 16.1. The van der Waals surface area contributed by atoms with Gasteiger partial charge >= 0.3 is 0 Å². The minimum atomic E-state index is -0.0705. The topological polar surface area (TPSA) is 64.0 Å². The Bertz CT molecular complexity index is 747. The normalized spacial score (nSPS) is 13.4. The Labute approximate surface area is 110 Å². The van der Waals surface area contributed by atoms with Crippen LogP contribution in [-0.2, 0) is 13.0 Å².